The summed E-state index contributed by atoms with van der Waals surface area (Å²) < 4.78 is 32.1. The molecule has 1 aromatic carbocycles. The van der Waals surface area contributed by atoms with Gasteiger partial charge in [-0.3, -0.25) is 9.35 Å². The Morgan fingerprint density at radius 1 is 1.15 bits per heavy atom. The van der Waals surface area contributed by atoms with E-state index in [1.54, 1.807) is 6.07 Å². The molecule has 2 N–H and O–H groups in total. The molecule has 1 unspecified atom stereocenters. The highest BCUT2D eigenvalue weighted by atomic mass is 32.2. The topological polar surface area (TPSA) is 91.7 Å². The Morgan fingerprint density at radius 2 is 1.75 bits per heavy atom. The molecule has 1 fully saturated rings. The van der Waals surface area contributed by atoms with Crippen LogP contribution in [0.25, 0.3) is 0 Å². The molecule has 0 aromatic heterocycles. The van der Waals surface area contributed by atoms with Crippen molar-refractivity contribution in [3.8, 4) is 0 Å². The van der Waals surface area contributed by atoms with Crippen LogP contribution < -0.4 is 0 Å². The van der Waals surface area contributed by atoms with Gasteiger partial charge in [-0.25, -0.2) is 0 Å². The molecule has 5 nitrogen and oxygen atoms in total. The Balaban J connectivity index is 2.47. The molecular formula is C14H18O5S. The number of carboxylic acids is 1. The summed E-state index contributed by atoms with van der Waals surface area (Å²) in [5, 5.41) is 9.49. The number of benzene rings is 1. The average molecular weight is 298 g/mol. The van der Waals surface area contributed by atoms with E-state index >= 15 is 0 Å². The molecule has 0 heterocycles. The van der Waals surface area contributed by atoms with Crippen LogP contribution in [0.4, 0.5) is 0 Å². The van der Waals surface area contributed by atoms with Gasteiger partial charge in [0.25, 0.3) is 10.1 Å². The predicted octanol–water partition coefficient (Wildman–Crippen LogP) is 2.68. The summed E-state index contributed by atoms with van der Waals surface area (Å²) in [6, 6.07) is 5.81. The summed E-state index contributed by atoms with van der Waals surface area (Å²) in [6.45, 7) is 0. The first-order chi connectivity index (χ1) is 9.41. The monoisotopic (exact) mass is 298 g/mol. The average Bonchev–Trinajstić information content (AvgIpc) is 2.39. The van der Waals surface area contributed by atoms with Gasteiger partial charge in [0.15, 0.2) is 0 Å². The van der Waals surface area contributed by atoms with Crippen LogP contribution in [-0.2, 0) is 14.9 Å². The van der Waals surface area contributed by atoms with Crippen molar-refractivity contribution >= 4 is 16.1 Å². The molecule has 110 valence electrons. The summed E-state index contributed by atoms with van der Waals surface area (Å²) in [7, 11) is -4.41. The molecule has 2 rings (SSSR count). The van der Waals surface area contributed by atoms with E-state index in [4.69, 9.17) is 0 Å². The van der Waals surface area contributed by atoms with Crippen LogP contribution in [0.1, 0.15) is 43.6 Å². The van der Waals surface area contributed by atoms with Crippen LogP contribution in [-0.4, -0.2) is 24.0 Å². The molecule has 6 heteroatoms. The van der Waals surface area contributed by atoms with Gasteiger partial charge in [0.1, 0.15) is 0 Å². The van der Waals surface area contributed by atoms with E-state index in [9.17, 15) is 22.9 Å². The normalized spacial score (nSPS) is 18.6. The Bertz CT molecular complexity index is 587. The molecule has 0 aliphatic heterocycles. The highest BCUT2D eigenvalue weighted by molar-refractivity contribution is 7.85. The van der Waals surface area contributed by atoms with Crippen LogP contribution in [0.15, 0.2) is 29.2 Å². The van der Waals surface area contributed by atoms with E-state index in [1.807, 2.05) is 0 Å². The highest BCUT2D eigenvalue weighted by Crippen LogP contribution is 2.38. The van der Waals surface area contributed by atoms with Crippen molar-refractivity contribution in [1.82, 2.24) is 0 Å². The maximum absolute atomic E-state index is 11.6. The quantitative estimate of drug-likeness (QED) is 0.834. The fourth-order valence-electron chi connectivity index (χ4n) is 3.03. The van der Waals surface area contributed by atoms with Gasteiger partial charge in [-0.2, -0.15) is 8.42 Å². The lowest BCUT2D eigenvalue weighted by atomic mass is 9.77. The number of carbonyl (C=O) groups is 1. The first kappa shape index (κ1) is 15.0. The molecule has 0 amide bonds. The van der Waals surface area contributed by atoms with Crippen molar-refractivity contribution in [3.05, 3.63) is 29.8 Å². The number of hydrogen-bond donors (Lipinski definition) is 2. The van der Waals surface area contributed by atoms with Crippen molar-refractivity contribution in [3.63, 3.8) is 0 Å². The van der Waals surface area contributed by atoms with Crippen molar-refractivity contribution < 1.29 is 22.9 Å². The van der Waals surface area contributed by atoms with Gasteiger partial charge in [-0.05, 0) is 30.4 Å². The fourth-order valence-corrected chi connectivity index (χ4v) is 3.77. The van der Waals surface area contributed by atoms with Gasteiger partial charge in [0.2, 0.25) is 0 Å². The van der Waals surface area contributed by atoms with Crippen LogP contribution in [0.2, 0.25) is 0 Å². The molecule has 1 saturated carbocycles. The van der Waals surface area contributed by atoms with Crippen LogP contribution >= 0.6 is 0 Å². The molecule has 1 aliphatic rings. The summed E-state index contributed by atoms with van der Waals surface area (Å²) in [5.74, 6) is -1.99. The third-order valence-electron chi connectivity index (χ3n) is 3.92. The van der Waals surface area contributed by atoms with Crippen molar-refractivity contribution in [2.24, 2.45) is 5.92 Å². The molecule has 0 saturated heterocycles. The number of carboxylic acid groups (broad SMARTS) is 1. The molecule has 1 atom stereocenters. The number of rotatable bonds is 4. The van der Waals surface area contributed by atoms with Crippen LogP contribution in [0, 0.1) is 5.92 Å². The lowest BCUT2D eigenvalue weighted by Gasteiger charge is -2.28. The summed E-state index contributed by atoms with van der Waals surface area (Å²) in [5.41, 5.74) is 0.189. The second-order valence-electron chi connectivity index (χ2n) is 5.23. The summed E-state index contributed by atoms with van der Waals surface area (Å²) in [6.07, 6.45) is 4.56. The van der Waals surface area contributed by atoms with Crippen LogP contribution in [0.5, 0.6) is 0 Å². The zero-order chi connectivity index (χ0) is 14.8. The van der Waals surface area contributed by atoms with Gasteiger partial charge in [-0.1, -0.05) is 37.5 Å². The molecular weight excluding hydrogens is 280 g/mol. The Hall–Kier alpha value is -1.40. The molecule has 20 heavy (non-hydrogen) atoms. The van der Waals surface area contributed by atoms with Crippen molar-refractivity contribution in [1.29, 1.82) is 0 Å². The third kappa shape index (κ3) is 3.19. The van der Waals surface area contributed by atoms with Gasteiger partial charge >= 0.3 is 5.97 Å². The van der Waals surface area contributed by atoms with Crippen molar-refractivity contribution in [2.75, 3.05) is 0 Å². The standard InChI is InChI=1S/C14H18O5S/c15-14(16)13(10-6-2-1-3-7-10)11-8-4-5-9-12(11)20(17,18)19/h4-5,8-10,13H,1-3,6-7H2,(H,15,16)(H,17,18,19). The van der Waals surface area contributed by atoms with Crippen molar-refractivity contribution in [2.45, 2.75) is 42.9 Å². The Kier molecular flexibility index (Phi) is 4.45. The first-order valence-corrected chi connectivity index (χ1v) is 8.14. The minimum atomic E-state index is -4.41. The van der Waals surface area contributed by atoms with Gasteiger partial charge in [-0.15, -0.1) is 0 Å². The molecule has 0 bridgehead atoms. The molecule has 1 aromatic rings. The predicted molar refractivity (Wildman–Crippen MR) is 73.2 cm³/mol. The summed E-state index contributed by atoms with van der Waals surface area (Å²) >= 11 is 0. The molecule has 0 radical (unpaired) electrons. The third-order valence-corrected chi connectivity index (χ3v) is 4.85. The first-order valence-electron chi connectivity index (χ1n) is 6.70. The lowest BCUT2D eigenvalue weighted by Crippen LogP contribution is -2.25. The van der Waals surface area contributed by atoms with Gasteiger partial charge in [0, 0.05) is 0 Å². The summed E-state index contributed by atoms with van der Waals surface area (Å²) in [4.78, 5) is 11.3. The maximum Gasteiger partial charge on any atom is 0.311 e. The van der Waals surface area contributed by atoms with E-state index in [-0.39, 0.29) is 16.4 Å². The number of aliphatic carboxylic acids is 1. The van der Waals surface area contributed by atoms with E-state index in [1.165, 1.54) is 18.2 Å². The second kappa shape index (κ2) is 5.93. The van der Waals surface area contributed by atoms with E-state index < -0.39 is 22.0 Å². The zero-order valence-corrected chi connectivity index (χ0v) is 11.8. The molecule has 0 spiro atoms. The zero-order valence-electron chi connectivity index (χ0n) is 11.0. The Morgan fingerprint density at radius 3 is 2.30 bits per heavy atom. The minimum absolute atomic E-state index is 0.0795. The van der Waals surface area contributed by atoms with E-state index in [0.717, 1.165) is 32.1 Å². The van der Waals surface area contributed by atoms with E-state index in [2.05, 4.69) is 0 Å². The van der Waals surface area contributed by atoms with Gasteiger partial charge in [0.05, 0.1) is 10.8 Å². The van der Waals surface area contributed by atoms with Crippen LogP contribution in [0.3, 0.4) is 0 Å². The SMILES string of the molecule is O=C(O)C(c1ccccc1S(=O)(=O)O)C1CCCCC1. The minimum Gasteiger partial charge on any atom is -0.481 e. The van der Waals surface area contributed by atoms with Gasteiger partial charge < -0.3 is 5.11 Å². The second-order valence-corrected chi connectivity index (χ2v) is 6.62. The smallest absolute Gasteiger partial charge is 0.311 e. The fraction of sp³-hybridized carbons (Fsp3) is 0.500. The van der Waals surface area contributed by atoms with E-state index in [0.29, 0.717) is 0 Å². The maximum atomic E-state index is 11.6. The Labute approximate surface area is 118 Å². The lowest BCUT2D eigenvalue weighted by molar-refractivity contribution is -0.140. The highest BCUT2D eigenvalue weighted by Gasteiger charge is 2.34. The number of hydrogen-bond acceptors (Lipinski definition) is 3. The molecule has 1 aliphatic carbocycles. The largest absolute Gasteiger partial charge is 0.481 e.